The molecule has 0 radical (unpaired) electrons. The van der Waals surface area contributed by atoms with Crippen LogP contribution in [0.2, 0.25) is 0 Å². The lowest BCUT2D eigenvalue weighted by atomic mass is 10.1. The van der Waals surface area contributed by atoms with Crippen molar-refractivity contribution in [2.75, 3.05) is 45.1 Å². The minimum absolute atomic E-state index is 0.441. The van der Waals surface area contributed by atoms with Gasteiger partial charge in [0.1, 0.15) is 0 Å². The monoisotopic (exact) mass is 258 g/mol. The first kappa shape index (κ1) is 13.7. The molecule has 0 saturated carbocycles. The summed E-state index contributed by atoms with van der Waals surface area (Å²) in [5.41, 5.74) is 0. The van der Waals surface area contributed by atoms with Crippen LogP contribution in [-0.2, 0) is 4.74 Å². The van der Waals surface area contributed by atoms with E-state index in [1.54, 1.807) is 0 Å². The fourth-order valence-corrected chi connectivity index (χ4v) is 3.81. The van der Waals surface area contributed by atoms with Crippen LogP contribution in [0.4, 0.5) is 0 Å². The van der Waals surface area contributed by atoms with Crippen LogP contribution in [0.15, 0.2) is 0 Å². The number of ether oxygens (including phenoxy) is 1. The fraction of sp³-hybridized carbons (Fsp3) is 1.00. The standard InChI is InChI=1S/C13H26N2OS/c1-13(2)11-15(7-10-17-13)6-5-14-12-3-8-16-9-4-12/h12,14H,3-11H2,1-2H3. The summed E-state index contributed by atoms with van der Waals surface area (Å²) >= 11 is 2.11. The molecule has 0 atom stereocenters. The highest BCUT2D eigenvalue weighted by atomic mass is 32.2. The van der Waals surface area contributed by atoms with Crippen molar-refractivity contribution in [2.24, 2.45) is 0 Å². The lowest BCUT2D eigenvalue weighted by molar-refractivity contribution is 0.0772. The van der Waals surface area contributed by atoms with Gasteiger partial charge in [0, 0.05) is 55.9 Å². The molecular weight excluding hydrogens is 232 g/mol. The zero-order valence-electron chi connectivity index (χ0n) is 11.2. The second-order valence-corrected chi connectivity index (χ2v) is 7.53. The van der Waals surface area contributed by atoms with E-state index in [-0.39, 0.29) is 0 Å². The van der Waals surface area contributed by atoms with Crippen molar-refractivity contribution in [3.05, 3.63) is 0 Å². The van der Waals surface area contributed by atoms with Gasteiger partial charge < -0.3 is 10.1 Å². The van der Waals surface area contributed by atoms with Gasteiger partial charge in [0.05, 0.1) is 0 Å². The Bertz CT molecular complexity index is 229. The van der Waals surface area contributed by atoms with Crippen molar-refractivity contribution in [1.29, 1.82) is 0 Å². The summed E-state index contributed by atoms with van der Waals surface area (Å²) in [6.45, 7) is 11.4. The molecule has 2 aliphatic heterocycles. The van der Waals surface area contributed by atoms with Gasteiger partial charge in [-0.15, -0.1) is 0 Å². The SMILES string of the molecule is CC1(C)CN(CCNC2CCOCC2)CCS1. The summed E-state index contributed by atoms with van der Waals surface area (Å²) in [6, 6.07) is 0.691. The lowest BCUT2D eigenvalue weighted by Crippen LogP contribution is -2.47. The highest BCUT2D eigenvalue weighted by Gasteiger charge is 2.26. The number of nitrogens with one attached hydrogen (secondary N) is 1. The van der Waals surface area contributed by atoms with E-state index in [0.717, 1.165) is 19.8 Å². The zero-order valence-corrected chi connectivity index (χ0v) is 12.0. The smallest absolute Gasteiger partial charge is 0.0480 e. The Morgan fingerprint density at radius 1 is 1.35 bits per heavy atom. The maximum atomic E-state index is 5.37. The minimum Gasteiger partial charge on any atom is -0.381 e. The lowest BCUT2D eigenvalue weighted by Gasteiger charge is -2.37. The minimum atomic E-state index is 0.441. The highest BCUT2D eigenvalue weighted by Crippen LogP contribution is 2.29. The van der Waals surface area contributed by atoms with Gasteiger partial charge in [0.15, 0.2) is 0 Å². The largest absolute Gasteiger partial charge is 0.381 e. The predicted octanol–water partition coefficient (Wildman–Crippen LogP) is 1.58. The van der Waals surface area contributed by atoms with Crippen LogP contribution in [0.1, 0.15) is 26.7 Å². The molecular formula is C13H26N2OS. The summed E-state index contributed by atoms with van der Waals surface area (Å²) in [5, 5.41) is 3.67. The third-order valence-corrected chi connectivity index (χ3v) is 4.88. The average Bonchev–Trinajstić information content (AvgIpc) is 2.29. The van der Waals surface area contributed by atoms with Crippen LogP contribution in [0.25, 0.3) is 0 Å². The number of rotatable bonds is 4. The molecule has 0 spiro atoms. The molecule has 2 rings (SSSR count). The number of hydrogen-bond acceptors (Lipinski definition) is 4. The number of thioether (sulfide) groups is 1. The topological polar surface area (TPSA) is 24.5 Å². The van der Waals surface area contributed by atoms with Crippen molar-refractivity contribution in [2.45, 2.75) is 37.5 Å². The maximum absolute atomic E-state index is 5.37. The molecule has 0 aromatic heterocycles. The van der Waals surface area contributed by atoms with Gasteiger partial charge in [0.2, 0.25) is 0 Å². The molecule has 17 heavy (non-hydrogen) atoms. The van der Waals surface area contributed by atoms with Gasteiger partial charge in [0.25, 0.3) is 0 Å². The van der Waals surface area contributed by atoms with E-state index in [1.165, 1.54) is 38.2 Å². The quantitative estimate of drug-likeness (QED) is 0.827. The van der Waals surface area contributed by atoms with Gasteiger partial charge in [-0.25, -0.2) is 0 Å². The second-order valence-electron chi connectivity index (χ2n) is 5.73. The first-order chi connectivity index (χ1) is 8.16. The first-order valence-corrected chi connectivity index (χ1v) is 7.82. The normalized spacial score (nSPS) is 27.2. The molecule has 2 heterocycles. The molecule has 0 bridgehead atoms. The molecule has 3 nitrogen and oxygen atoms in total. The Morgan fingerprint density at radius 3 is 2.82 bits per heavy atom. The van der Waals surface area contributed by atoms with Gasteiger partial charge in [-0.2, -0.15) is 11.8 Å². The highest BCUT2D eigenvalue weighted by molar-refractivity contribution is 8.00. The van der Waals surface area contributed by atoms with Gasteiger partial charge in [-0.3, -0.25) is 4.90 Å². The van der Waals surface area contributed by atoms with E-state index < -0.39 is 0 Å². The summed E-state index contributed by atoms with van der Waals surface area (Å²) in [5.74, 6) is 1.28. The van der Waals surface area contributed by atoms with Crippen LogP contribution in [0, 0.1) is 0 Å². The van der Waals surface area contributed by atoms with Crippen molar-refractivity contribution in [3.8, 4) is 0 Å². The van der Waals surface area contributed by atoms with E-state index in [9.17, 15) is 0 Å². The van der Waals surface area contributed by atoms with Crippen molar-refractivity contribution < 1.29 is 4.74 Å². The molecule has 2 saturated heterocycles. The third-order valence-electron chi connectivity index (χ3n) is 3.59. The summed E-state index contributed by atoms with van der Waals surface area (Å²) in [4.78, 5) is 2.60. The first-order valence-electron chi connectivity index (χ1n) is 6.83. The Labute approximate surface area is 110 Å². The van der Waals surface area contributed by atoms with E-state index in [0.29, 0.717) is 10.8 Å². The zero-order chi connectivity index (χ0) is 12.1. The van der Waals surface area contributed by atoms with Crippen molar-refractivity contribution in [3.63, 3.8) is 0 Å². The summed E-state index contributed by atoms with van der Waals surface area (Å²) in [7, 11) is 0. The van der Waals surface area contributed by atoms with E-state index in [1.807, 2.05) is 0 Å². The molecule has 0 unspecified atom stereocenters. The molecule has 100 valence electrons. The van der Waals surface area contributed by atoms with Crippen LogP contribution in [0.3, 0.4) is 0 Å². The van der Waals surface area contributed by atoms with Gasteiger partial charge >= 0.3 is 0 Å². The summed E-state index contributed by atoms with van der Waals surface area (Å²) in [6.07, 6.45) is 2.36. The van der Waals surface area contributed by atoms with Gasteiger partial charge in [-0.05, 0) is 26.7 Å². The molecule has 0 aromatic carbocycles. The van der Waals surface area contributed by atoms with Crippen molar-refractivity contribution in [1.82, 2.24) is 10.2 Å². The number of nitrogens with zero attached hydrogens (tertiary/aromatic N) is 1. The van der Waals surface area contributed by atoms with E-state index in [2.05, 4.69) is 35.8 Å². The average molecular weight is 258 g/mol. The van der Waals surface area contributed by atoms with Crippen LogP contribution in [0.5, 0.6) is 0 Å². The van der Waals surface area contributed by atoms with Gasteiger partial charge in [-0.1, -0.05) is 0 Å². The molecule has 2 aliphatic rings. The Balaban J connectivity index is 1.61. The van der Waals surface area contributed by atoms with Crippen LogP contribution < -0.4 is 5.32 Å². The molecule has 0 aliphatic carbocycles. The van der Waals surface area contributed by atoms with E-state index in [4.69, 9.17) is 4.74 Å². The second kappa shape index (κ2) is 6.41. The Kier molecular flexibility index (Phi) is 5.15. The molecule has 0 aromatic rings. The molecule has 1 N–H and O–H groups in total. The predicted molar refractivity (Wildman–Crippen MR) is 74.8 cm³/mol. The van der Waals surface area contributed by atoms with E-state index >= 15 is 0 Å². The molecule has 4 heteroatoms. The molecule has 0 amide bonds. The number of hydrogen-bond donors (Lipinski definition) is 1. The van der Waals surface area contributed by atoms with Crippen LogP contribution >= 0.6 is 11.8 Å². The van der Waals surface area contributed by atoms with Crippen molar-refractivity contribution >= 4 is 11.8 Å². The Hall–Kier alpha value is 0.230. The summed E-state index contributed by atoms with van der Waals surface area (Å²) < 4.78 is 5.81. The Morgan fingerprint density at radius 2 is 2.12 bits per heavy atom. The van der Waals surface area contributed by atoms with Crippen LogP contribution in [-0.4, -0.2) is 60.8 Å². The third kappa shape index (κ3) is 4.78. The fourth-order valence-electron chi connectivity index (χ4n) is 2.63. The molecule has 2 fully saturated rings. The maximum Gasteiger partial charge on any atom is 0.0480 e.